The molecule has 0 aliphatic carbocycles. The summed E-state index contributed by atoms with van der Waals surface area (Å²) >= 11 is 0. The number of epoxide rings is 1. The molecule has 3 rings (SSSR count). The number of ether oxygens (including phenoxy) is 2. The molecule has 2 aliphatic heterocycles. The lowest BCUT2D eigenvalue weighted by Gasteiger charge is -2.34. The molecule has 0 amide bonds. The van der Waals surface area contributed by atoms with Gasteiger partial charge in [-0.25, -0.2) is 0 Å². The Balaban J connectivity index is 1.86. The molecule has 2 fully saturated rings. The minimum Gasteiger partial charge on any atom is -0.458 e. The van der Waals surface area contributed by atoms with Crippen LogP contribution < -0.4 is 0 Å². The lowest BCUT2D eigenvalue weighted by molar-refractivity contribution is -0.154. The highest BCUT2D eigenvalue weighted by Gasteiger charge is 2.53. The number of cyclic esters (lactones) is 1. The van der Waals surface area contributed by atoms with Crippen molar-refractivity contribution in [3.8, 4) is 0 Å². The Morgan fingerprint density at radius 3 is 2.54 bits per heavy atom. The number of carbonyl (C=O) groups excluding carboxylic acids is 2. The summed E-state index contributed by atoms with van der Waals surface area (Å²) in [6.45, 7) is 10.9. The van der Waals surface area contributed by atoms with Crippen LogP contribution in [0, 0.1) is 17.3 Å². The molecule has 0 saturated carbocycles. The Kier molecular flexibility index (Phi) is 8.56. The van der Waals surface area contributed by atoms with E-state index in [4.69, 9.17) is 9.47 Å². The van der Waals surface area contributed by atoms with Crippen molar-refractivity contribution >= 4 is 17.8 Å². The van der Waals surface area contributed by atoms with Crippen LogP contribution in [0.15, 0.2) is 30.0 Å². The van der Waals surface area contributed by atoms with Crippen LogP contribution in [0.2, 0.25) is 0 Å². The van der Waals surface area contributed by atoms with E-state index in [0.29, 0.717) is 6.42 Å². The van der Waals surface area contributed by atoms with Crippen LogP contribution >= 0.6 is 0 Å². The summed E-state index contributed by atoms with van der Waals surface area (Å²) in [7, 11) is 0. The first-order valence-corrected chi connectivity index (χ1v) is 12.7. The molecule has 7 heteroatoms. The standard InChI is InChI=1S/C28H41NO6/c1-17-10-9-12-28(6)23(35-28)15-21(18(2)14-20-11-7-8-13-29-20)34-24(31)16-22(30)27(4,5)26(33)19(3)25(17)32/h7-8,11,13-14,17,19,21-23,25,30,32H,9-10,12,15-16H2,1-6H3/b18-14+/t17-,19+,21-,22-,23-,25?,28+/m0/s1. The molecule has 1 aromatic heterocycles. The smallest absolute Gasteiger partial charge is 0.309 e. The third-order valence-electron chi connectivity index (χ3n) is 7.98. The van der Waals surface area contributed by atoms with E-state index >= 15 is 0 Å². The highest BCUT2D eigenvalue weighted by molar-refractivity contribution is 5.88. The van der Waals surface area contributed by atoms with Gasteiger partial charge in [-0.2, -0.15) is 0 Å². The maximum absolute atomic E-state index is 13.2. The van der Waals surface area contributed by atoms with E-state index in [-0.39, 0.29) is 29.8 Å². The summed E-state index contributed by atoms with van der Waals surface area (Å²) in [5.41, 5.74) is 0.0933. The Bertz CT molecular complexity index is 929. The van der Waals surface area contributed by atoms with Gasteiger partial charge in [-0.05, 0) is 56.4 Å². The molecule has 2 saturated heterocycles. The highest BCUT2D eigenvalue weighted by atomic mass is 16.6. The predicted octanol–water partition coefficient (Wildman–Crippen LogP) is 4.11. The Morgan fingerprint density at radius 2 is 1.89 bits per heavy atom. The fourth-order valence-corrected chi connectivity index (χ4v) is 5.08. The number of aliphatic hydroxyl groups is 2. The summed E-state index contributed by atoms with van der Waals surface area (Å²) in [5, 5.41) is 21.7. The van der Waals surface area contributed by atoms with Crippen LogP contribution in [-0.2, 0) is 19.1 Å². The number of hydrogen-bond acceptors (Lipinski definition) is 7. The topological polar surface area (TPSA) is 109 Å². The van der Waals surface area contributed by atoms with Gasteiger partial charge in [0.25, 0.3) is 0 Å². The second kappa shape index (κ2) is 10.9. The van der Waals surface area contributed by atoms with E-state index in [9.17, 15) is 19.8 Å². The largest absolute Gasteiger partial charge is 0.458 e. The molecule has 35 heavy (non-hydrogen) atoms. The van der Waals surface area contributed by atoms with Gasteiger partial charge in [0, 0.05) is 18.5 Å². The van der Waals surface area contributed by atoms with Crippen molar-refractivity contribution in [3.63, 3.8) is 0 Å². The van der Waals surface area contributed by atoms with Gasteiger partial charge in [0.2, 0.25) is 0 Å². The summed E-state index contributed by atoms with van der Waals surface area (Å²) in [4.78, 5) is 30.5. The number of rotatable bonds is 2. The summed E-state index contributed by atoms with van der Waals surface area (Å²) in [5.74, 6) is -1.56. The van der Waals surface area contributed by atoms with Crippen molar-refractivity contribution in [2.24, 2.45) is 17.3 Å². The van der Waals surface area contributed by atoms with Gasteiger partial charge < -0.3 is 19.7 Å². The van der Waals surface area contributed by atoms with Gasteiger partial charge >= 0.3 is 5.97 Å². The van der Waals surface area contributed by atoms with Crippen LogP contribution in [0.25, 0.3) is 6.08 Å². The predicted molar refractivity (Wildman–Crippen MR) is 133 cm³/mol. The summed E-state index contributed by atoms with van der Waals surface area (Å²) in [6.07, 6.45) is 3.60. The molecule has 2 N–H and O–H groups in total. The van der Waals surface area contributed by atoms with Crippen molar-refractivity contribution < 1.29 is 29.3 Å². The number of nitrogens with zero attached hydrogens (tertiary/aromatic N) is 1. The molecule has 7 nitrogen and oxygen atoms in total. The Hall–Kier alpha value is -2.09. The van der Waals surface area contributed by atoms with E-state index in [1.165, 1.54) is 0 Å². The number of ketones is 1. The maximum Gasteiger partial charge on any atom is 0.309 e. The molecule has 1 unspecified atom stereocenters. The van der Waals surface area contributed by atoms with Gasteiger partial charge in [0.05, 0.1) is 41.4 Å². The molecule has 0 bridgehead atoms. The number of aliphatic hydroxyl groups excluding tert-OH is 2. The molecule has 0 aromatic carbocycles. The molecular weight excluding hydrogens is 446 g/mol. The Labute approximate surface area is 208 Å². The zero-order chi connectivity index (χ0) is 26.0. The summed E-state index contributed by atoms with van der Waals surface area (Å²) in [6, 6.07) is 5.62. The van der Waals surface area contributed by atoms with Crippen LogP contribution in [0.1, 0.15) is 79.3 Å². The number of esters is 1. The van der Waals surface area contributed by atoms with Crippen LogP contribution in [0.4, 0.5) is 0 Å². The first-order valence-electron chi connectivity index (χ1n) is 12.7. The molecule has 0 spiro atoms. The highest BCUT2D eigenvalue weighted by Crippen LogP contribution is 2.45. The molecule has 0 radical (unpaired) electrons. The van der Waals surface area contributed by atoms with Crippen LogP contribution in [0.5, 0.6) is 0 Å². The normalized spacial score (nSPS) is 37.3. The van der Waals surface area contributed by atoms with Gasteiger partial charge in [0.15, 0.2) is 0 Å². The van der Waals surface area contributed by atoms with Crippen molar-refractivity contribution in [2.75, 3.05) is 0 Å². The van der Waals surface area contributed by atoms with E-state index in [1.807, 2.05) is 38.1 Å². The number of aromatic nitrogens is 1. The first kappa shape index (κ1) is 27.5. The second-order valence-corrected chi connectivity index (χ2v) is 11.2. The monoisotopic (exact) mass is 487 g/mol. The van der Waals surface area contributed by atoms with Crippen LogP contribution in [0.3, 0.4) is 0 Å². The number of hydrogen-bond donors (Lipinski definition) is 2. The third-order valence-corrected chi connectivity index (χ3v) is 7.98. The Morgan fingerprint density at radius 1 is 1.17 bits per heavy atom. The number of fused-ring (bicyclic) bond motifs is 1. The van der Waals surface area contributed by atoms with Gasteiger partial charge in [0.1, 0.15) is 11.9 Å². The van der Waals surface area contributed by atoms with Crippen molar-refractivity contribution in [2.45, 2.75) is 104 Å². The fourth-order valence-electron chi connectivity index (χ4n) is 5.08. The maximum atomic E-state index is 13.2. The molecule has 2 aliphatic rings. The lowest BCUT2D eigenvalue weighted by Crippen LogP contribution is -2.45. The zero-order valence-corrected chi connectivity index (χ0v) is 21.9. The average molecular weight is 488 g/mol. The average Bonchev–Trinajstić information content (AvgIpc) is 3.45. The van der Waals surface area contributed by atoms with Crippen molar-refractivity contribution in [1.82, 2.24) is 4.98 Å². The number of carbonyl (C=O) groups is 2. The van der Waals surface area contributed by atoms with E-state index in [0.717, 1.165) is 30.5 Å². The summed E-state index contributed by atoms with van der Waals surface area (Å²) < 4.78 is 11.9. The molecule has 1 aromatic rings. The van der Waals surface area contributed by atoms with Gasteiger partial charge in [-0.3, -0.25) is 14.6 Å². The van der Waals surface area contributed by atoms with E-state index < -0.39 is 35.6 Å². The molecule has 7 atom stereocenters. The minimum absolute atomic E-state index is 0.0533. The van der Waals surface area contributed by atoms with E-state index in [2.05, 4.69) is 11.9 Å². The fraction of sp³-hybridized carbons (Fsp3) is 0.679. The SMILES string of the molecule is C/C(=C\c1ccccn1)[C@@H]1C[C@@H]2O[C@]2(C)CCC[C@H](C)C(O)[C@@H](C)C(=O)C(C)(C)[C@@H](O)CC(=O)O1. The quantitative estimate of drug-likeness (QED) is 0.477. The minimum atomic E-state index is -1.23. The number of pyridine rings is 1. The molecule has 3 heterocycles. The van der Waals surface area contributed by atoms with Gasteiger partial charge in [-0.1, -0.05) is 40.2 Å². The van der Waals surface area contributed by atoms with E-state index in [1.54, 1.807) is 27.0 Å². The van der Waals surface area contributed by atoms with Gasteiger partial charge in [-0.15, -0.1) is 0 Å². The first-order chi connectivity index (χ1) is 16.3. The van der Waals surface area contributed by atoms with Crippen molar-refractivity contribution in [3.05, 3.63) is 35.7 Å². The van der Waals surface area contributed by atoms with Crippen molar-refractivity contribution in [1.29, 1.82) is 0 Å². The van der Waals surface area contributed by atoms with Crippen LogP contribution in [-0.4, -0.2) is 57.0 Å². The third kappa shape index (κ3) is 6.57. The lowest BCUT2D eigenvalue weighted by atomic mass is 9.73. The molecular formula is C28H41NO6. The molecule has 194 valence electrons. The number of Topliss-reactive ketones (excluding diaryl/α,β-unsaturated/α-hetero) is 1. The zero-order valence-electron chi connectivity index (χ0n) is 21.9. The second-order valence-electron chi connectivity index (χ2n) is 11.2.